The highest BCUT2D eigenvalue weighted by Gasteiger charge is 2.19. The number of carbonyl (C=O) groups is 1. The minimum absolute atomic E-state index is 0.0390. The second-order valence-corrected chi connectivity index (χ2v) is 7.64. The highest BCUT2D eigenvalue weighted by atomic mass is 32.2. The van der Waals surface area contributed by atoms with Crippen LogP contribution in [0.3, 0.4) is 0 Å². The Morgan fingerprint density at radius 2 is 1.96 bits per heavy atom. The van der Waals surface area contributed by atoms with Gasteiger partial charge in [0.05, 0.1) is 5.25 Å². The predicted molar refractivity (Wildman–Crippen MR) is 104 cm³/mol. The van der Waals surface area contributed by atoms with Crippen molar-refractivity contribution >= 4 is 17.7 Å². The average molecular weight is 378 g/mol. The van der Waals surface area contributed by atoms with Gasteiger partial charge in [0, 0.05) is 6.54 Å². The summed E-state index contributed by atoms with van der Waals surface area (Å²) in [6, 6.07) is 7.96. The van der Waals surface area contributed by atoms with Crippen molar-refractivity contribution in [2.75, 3.05) is 12.4 Å². The van der Waals surface area contributed by atoms with Gasteiger partial charge in [-0.15, -0.1) is 10.2 Å². The molecule has 0 unspecified atom stereocenters. The van der Waals surface area contributed by atoms with Gasteiger partial charge < -0.3 is 15.9 Å². The molecule has 0 fully saturated rings. The van der Waals surface area contributed by atoms with E-state index in [1.54, 1.807) is 0 Å². The topological polar surface area (TPSA) is 95.1 Å². The fraction of sp³-hybridized carbons (Fsp3) is 0.500. The molecule has 1 aromatic carbocycles. The summed E-state index contributed by atoms with van der Waals surface area (Å²) in [4.78, 5) is 12.0. The maximum Gasteiger partial charge on any atom is 0.233 e. The predicted octanol–water partition coefficient (Wildman–Crippen LogP) is 2.70. The van der Waals surface area contributed by atoms with Gasteiger partial charge in [0.15, 0.2) is 5.82 Å². The van der Waals surface area contributed by atoms with Gasteiger partial charge in [-0.25, -0.2) is 4.68 Å². The third-order valence-electron chi connectivity index (χ3n) is 3.85. The fourth-order valence-electron chi connectivity index (χ4n) is 2.19. The Morgan fingerprint density at radius 1 is 1.27 bits per heavy atom. The summed E-state index contributed by atoms with van der Waals surface area (Å²) in [6.45, 7) is 8.99. The highest BCUT2D eigenvalue weighted by molar-refractivity contribution is 8.00. The zero-order valence-electron chi connectivity index (χ0n) is 15.7. The average Bonchev–Trinajstić information content (AvgIpc) is 2.98. The zero-order chi connectivity index (χ0) is 19.1. The van der Waals surface area contributed by atoms with E-state index in [2.05, 4.69) is 29.4 Å². The molecule has 0 saturated carbocycles. The van der Waals surface area contributed by atoms with Gasteiger partial charge in [0.2, 0.25) is 11.1 Å². The summed E-state index contributed by atoms with van der Waals surface area (Å²) in [6.07, 6.45) is 0.899. The summed E-state index contributed by atoms with van der Waals surface area (Å²) in [5, 5.41) is 11.2. The lowest BCUT2D eigenvalue weighted by Crippen LogP contribution is -2.31. The molecule has 0 aliphatic heterocycles. The van der Waals surface area contributed by atoms with Crippen molar-refractivity contribution in [3.05, 3.63) is 35.7 Å². The second kappa shape index (κ2) is 9.47. The molecule has 3 N–H and O–H groups in total. The van der Waals surface area contributed by atoms with Crippen LogP contribution in [0, 0.1) is 0 Å². The van der Waals surface area contributed by atoms with Gasteiger partial charge in [-0.3, -0.25) is 4.79 Å². The van der Waals surface area contributed by atoms with Crippen molar-refractivity contribution in [2.45, 2.75) is 57.0 Å². The van der Waals surface area contributed by atoms with E-state index in [0.717, 1.165) is 12.2 Å². The number of hydrogen-bond donors (Lipinski definition) is 2. The molecule has 0 aliphatic rings. The molecule has 0 saturated heterocycles. The van der Waals surface area contributed by atoms with Crippen LogP contribution in [0.2, 0.25) is 0 Å². The molecule has 0 spiro atoms. The maximum absolute atomic E-state index is 12.0. The summed E-state index contributed by atoms with van der Waals surface area (Å²) in [5.41, 5.74) is 1.26. The number of nitrogens with two attached hydrogens (primary N) is 1. The number of carbonyl (C=O) groups excluding carboxylic acids is 1. The molecule has 1 aromatic heterocycles. The van der Waals surface area contributed by atoms with Gasteiger partial charge in [0.1, 0.15) is 12.4 Å². The Kier molecular flexibility index (Phi) is 7.32. The Hall–Kier alpha value is -2.22. The van der Waals surface area contributed by atoms with Gasteiger partial charge in [0.25, 0.3) is 0 Å². The quantitative estimate of drug-likeness (QED) is 0.515. The van der Waals surface area contributed by atoms with Gasteiger partial charge >= 0.3 is 0 Å². The summed E-state index contributed by atoms with van der Waals surface area (Å²) >= 11 is 1.27. The number of thioether (sulfide) groups is 1. The lowest BCUT2D eigenvalue weighted by atomic mass is 10.0. The monoisotopic (exact) mass is 377 g/mol. The van der Waals surface area contributed by atoms with Crippen molar-refractivity contribution in [3.63, 3.8) is 0 Å². The molecule has 142 valence electrons. The molecule has 1 amide bonds. The van der Waals surface area contributed by atoms with Gasteiger partial charge in [-0.1, -0.05) is 44.7 Å². The van der Waals surface area contributed by atoms with E-state index >= 15 is 0 Å². The van der Waals surface area contributed by atoms with Crippen molar-refractivity contribution in [3.8, 4) is 5.75 Å². The van der Waals surface area contributed by atoms with E-state index in [4.69, 9.17) is 10.6 Å². The molecule has 2 rings (SSSR count). The molecular weight excluding hydrogens is 350 g/mol. The van der Waals surface area contributed by atoms with Crippen molar-refractivity contribution < 1.29 is 9.53 Å². The number of rotatable bonds is 9. The Morgan fingerprint density at radius 3 is 2.58 bits per heavy atom. The van der Waals surface area contributed by atoms with Crippen LogP contribution in [-0.2, 0) is 11.4 Å². The molecule has 1 heterocycles. The van der Waals surface area contributed by atoms with E-state index in [9.17, 15) is 4.79 Å². The Bertz CT molecular complexity index is 715. The first kappa shape index (κ1) is 20.1. The van der Waals surface area contributed by atoms with Crippen LogP contribution in [0.4, 0.5) is 0 Å². The number of ether oxygens (including phenoxy) is 1. The van der Waals surface area contributed by atoms with Crippen molar-refractivity contribution in [1.82, 2.24) is 20.2 Å². The zero-order valence-corrected chi connectivity index (χ0v) is 16.5. The summed E-state index contributed by atoms with van der Waals surface area (Å²) < 4.78 is 7.11. The van der Waals surface area contributed by atoms with Crippen LogP contribution < -0.4 is 15.9 Å². The molecule has 0 bridgehead atoms. The molecule has 1 atom stereocenters. The number of hydrogen-bond acceptors (Lipinski definition) is 6. The van der Waals surface area contributed by atoms with Crippen molar-refractivity contribution in [2.24, 2.45) is 0 Å². The third kappa shape index (κ3) is 5.39. The SMILES string of the molecule is CCCNC(=O)[C@@H](C)Sc1nnc(COc2ccc(C(C)C)cc2)n1N. The number of nitrogens with zero attached hydrogens (tertiary/aromatic N) is 3. The van der Waals surface area contributed by atoms with E-state index in [0.29, 0.717) is 23.4 Å². The number of benzene rings is 1. The van der Waals surface area contributed by atoms with Crippen LogP contribution in [0.25, 0.3) is 0 Å². The normalized spacial score (nSPS) is 12.2. The van der Waals surface area contributed by atoms with Gasteiger partial charge in [-0.2, -0.15) is 0 Å². The minimum atomic E-state index is -0.301. The van der Waals surface area contributed by atoms with Crippen LogP contribution in [-0.4, -0.2) is 32.6 Å². The number of amides is 1. The fourth-order valence-corrected chi connectivity index (χ4v) is 3.00. The van der Waals surface area contributed by atoms with Crippen LogP contribution in [0.15, 0.2) is 29.4 Å². The number of nitrogen functional groups attached to an aromatic ring is 1. The Labute approximate surface area is 158 Å². The smallest absolute Gasteiger partial charge is 0.233 e. The molecule has 2 aromatic rings. The van der Waals surface area contributed by atoms with Crippen LogP contribution in [0.1, 0.15) is 51.4 Å². The standard InChI is InChI=1S/C18H27N5O2S/c1-5-10-20-17(24)13(4)26-18-22-21-16(23(18)19)11-25-15-8-6-14(7-9-15)12(2)3/h6-9,12-13H,5,10-11,19H2,1-4H3,(H,20,24)/t13-/m1/s1. The van der Waals surface area contributed by atoms with E-state index < -0.39 is 0 Å². The first-order valence-electron chi connectivity index (χ1n) is 8.78. The first-order chi connectivity index (χ1) is 12.4. The molecule has 26 heavy (non-hydrogen) atoms. The number of aromatic nitrogens is 3. The lowest BCUT2D eigenvalue weighted by molar-refractivity contribution is -0.120. The van der Waals surface area contributed by atoms with E-state index in [1.165, 1.54) is 22.0 Å². The number of nitrogens with one attached hydrogen (secondary N) is 1. The third-order valence-corrected chi connectivity index (χ3v) is 4.91. The molecule has 8 heteroatoms. The van der Waals surface area contributed by atoms with E-state index in [1.807, 2.05) is 38.1 Å². The largest absolute Gasteiger partial charge is 0.486 e. The summed E-state index contributed by atoms with van der Waals surface area (Å²) in [5.74, 6) is 7.73. The van der Waals surface area contributed by atoms with Crippen molar-refractivity contribution in [1.29, 1.82) is 0 Å². The molecule has 7 nitrogen and oxygen atoms in total. The second-order valence-electron chi connectivity index (χ2n) is 6.33. The van der Waals surface area contributed by atoms with Crippen LogP contribution >= 0.6 is 11.8 Å². The molecular formula is C18H27N5O2S. The Balaban J connectivity index is 1.92. The molecule has 0 aliphatic carbocycles. The molecule has 0 radical (unpaired) electrons. The highest BCUT2D eigenvalue weighted by Crippen LogP contribution is 2.22. The first-order valence-corrected chi connectivity index (χ1v) is 9.66. The van der Waals surface area contributed by atoms with Crippen LogP contribution in [0.5, 0.6) is 5.75 Å². The lowest BCUT2D eigenvalue weighted by Gasteiger charge is -2.11. The van der Waals surface area contributed by atoms with E-state index in [-0.39, 0.29) is 17.8 Å². The minimum Gasteiger partial charge on any atom is -0.486 e. The van der Waals surface area contributed by atoms with Gasteiger partial charge in [-0.05, 0) is 37.0 Å². The maximum atomic E-state index is 12.0. The summed E-state index contributed by atoms with van der Waals surface area (Å²) in [7, 11) is 0.